The largest absolute Gasteiger partial charge is 0.480 e. The third-order valence-electron chi connectivity index (χ3n) is 6.27. The first-order valence-corrected chi connectivity index (χ1v) is 12.8. The van der Waals surface area contributed by atoms with Gasteiger partial charge in [0.2, 0.25) is 5.91 Å². The molecule has 2 aliphatic heterocycles. The Bertz CT molecular complexity index is 1130. The number of carboxylic acids is 2. The van der Waals surface area contributed by atoms with Gasteiger partial charge in [0.15, 0.2) is 0 Å². The highest BCUT2D eigenvalue weighted by Gasteiger charge is 2.54. The first-order chi connectivity index (χ1) is 17.3. The number of aliphatic carboxylic acids is 2. The van der Waals surface area contributed by atoms with Gasteiger partial charge in [-0.25, -0.2) is 9.59 Å². The maximum absolute atomic E-state index is 12.5. The topological polar surface area (TPSA) is 173 Å². The van der Waals surface area contributed by atoms with Gasteiger partial charge in [-0.05, 0) is 41.5 Å². The summed E-state index contributed by atoms with van der Waals surface area (Å²) < 4.78 is 0. The minimum atomic E-state index is -1.32. The molecule has 0 radical (unpaired) electrons. The van der Waals surface area contributed by atoms with E-state index in [2.05, 4.69) is 10.6 Å². The number of nitrogens with zero attached hydrogens (tertiary/aromatic N) is 1. The molecule has 2 heterocycles. The molecule has 11 nitrogen and oxygen atoms in total. The summed E-state index contributed by atoms with van der Waals surface area (Å²) in [5.41, 5.74) is 1.26. The molecule has 1 aromatic carbocycles. The molecule has 3 atom stereocenters. The van der Waals surface area contributed by atoms with E-state index in [1.54, 1.807) is 12.1 Å². The second kappa shape index (κ2) is 11.3. The van der Waals surface area contributed by atoms with Crippen LogP contribution in [0, 0.1) is 0 Å². The highest BCUT2D eigenvalue weighted by atomic mass is 32.2. The van der Waals surface area contributed by atoms with E-state index in [4.69, 9.17) is 0 Å². The van der Waals surface area contributed by atoms with E-state index >= 15 is 0 Å². The van der Waals surface area contributed by atoms with E-state index in [9.17, 15) is 39.3 Å². The second-order valence-electron chi connectivity index (χ2n) is 9.95. The molecule has 200 valence electrons. The molecular formula is C25H31N3O8S. The van der Waals surface area contributed by atoms with E-state index in [0.717, 1.165) is 10.5 Å². The van der Waals surface area contributed by atoms with Crippen molar-refractivity contribution in [3.05, 3.63) is 46.7 Å². The number of nitrogens with one attached hydrogen (secondary N) is 2. The van der Waals surface area contributed by atoms with Gasteiger partial charge in [0.25, 0.3) is 11.8 Å². The first kappa shape index (κ1) is 28.2. The maximum atomic E-state index is 12.5. The third kappa shape index (κ3) is 6.31. The molecule has 0 bridgehead atoms. The van der Waals surface area contributed by atoms with Crippen LogP contribution < -0.4 is 10.6 Å². The molecule has 0 aromatic heterocycles. The molecule has 2 unspecified atom stereocenters. The van der Waals surface area contributed by atoms with Crippen molar-refractivity contribution in [2.75, 3.05) is 12.4 Å². The summed E-state index contributed by atoms with van der Waals surface area (Å²) >= 11 is 1.24. The summed E-state index contributed by atoms with van der Waals surface area (Å²) in [7, 11) is 0. The van der Waals surface area contributed by atoms with Crippen molar-refractivity contribution in [2.24, 2.45) is 0 Å². The van der Waals surface area contributed by atoms with Crippen LogP contribution in [0.25, 0.3) is 0 Å². The summed E-state index contributed by atoms with van der Waals surface area (Å²) in [6, 6.07) is 4.82. The number of fused-ring (bicyclic) bond motifs is 1. The second-order valence-corrected chi connectivity index (χ2v) is 11.1. The number of amides is 3. The number of carbonyl (C=O) groups excluding carboxylic acids is 3. The number of thioether (sulfide) groups is 1. The molecule has 37 heavy (non-hydrogen) atoms. The molecule has 1 aromatic rings. The number of benzene rings is 1. The minimum Gasteiger partial charge on any atom is -0.480 e. The van der Waals surface area contributed by atoms with Gasteiger partial charge in [-0.1, -0.05) is 32.9 Å². The molecule has 0 aliphatic carbocycles. The number of aliphatic hydroxyl groups excluding tert-OH is 1. The van der Waals surface area contributed by atoms with Crippen LogP contribution in [0.2, 0.25) is 0 Å². The van der Waals surface area contributed by atoms with Gasteiger partial charge in [0, 0.05) is 17.7 Å². The van der Waals surface area contributed by atoms with Gasteiger partial charge < -0.3 is 26.0 Å². The fourth-order valence-corrected chi connectivity index (χ4v) is 5.47. The fourth-order valence-electron chi connectivity index (χ4n) is 4.14. The van der Waals surface area contributed by atoms with Crippen molar-refractivity contribution in [3.63, 3.8) is 0 Å². The van der Waals surface area contributed by atoms with Crippen LogP contribution in [-0.4, -0.2) is 79.7 Å². The van der Waals surface area contributed by atoms with Gasteiger partial charge in [-0.2, -0.15) is 0 Å². The Morgan fingerprint density at radius 3 is 2.32 bits per heavy atom. The number of rotatable bonds is 10. The molecule has 1 saturated heterocycles. The van der Waals surface area contributed by atoms with Crippen LogP contribution in [-0.2, 0) is 24.6 Å². The Hall–Kier alpha value is -3.38. The predicted octanol–water partition coefficient (Wildman–Crippen LogP) is 1.07. The van der Waals surface area contributed by atoms with Gasteiger partial charge in [-0.15, -0.1) is 11.8 Å². The van der Waals surface area contributed by atoms with E-state index in [1.165, 1.54) is 11.8 Å². The Kier molecular flexibility index (Phi) is 8.64. The lowest BCUT2D eigenvalue weighted by atomic mass is 9.86. The van der Waals surface area contributed by atoms with Gasteiger partial charge in [-0.3, -0.25) is 19.3 Å². The van der Waals surface area contributed by atoms with Crippen LogP contribution >= 0.6 is 11.8 Å². The standard InChI is InChI=1S/C25H31N3O8S/c1-25(2,3)15-9-7-13(8-10-15)20(31)26-16(23(33)34)5-4-6-17(30)27-18-21(32)28-19(24(35)36)14(11-29)12-37-22(18)28/h7-10,16,18,22,29H,4-6,11-12H2,1-3H3,(H,26,31)(H,27,30)(H,33,34)(H,35,36)/t16?,18?,22-/m0/s1. The minimum absolute atomic E-state index is 0.00322. The Morgan fingerprint density at radius 2 is 1.78 bits per heavy atom. The van der Waals surface area contributed by atoms with Crippen molar-refractivity contribution in [1.29, 1.82) is 0 Å². The SMILES string of the molecule is CC(C)(C)c1ccc(C(=O)NC(CCCC(=O)NC2C(=O)N3C(C(=O)O)=C(CO)CS[C@@H]23)C(=O)O)cc1. The van der Waals surface area contributed by atoms with Crippen LogP contribution in [0.15, 0.2) is 35.5 Å². The van der Waals surface area contributed by atoms with Gasteiger partial charge >= 0.3 is 11.9 Å². The summed E-state index contributed by atoms with van der Waals surface area (Å²) in [6.07, 6.45) is 0.0667. The van der Waals surface area contributed by atoms with Crippen molar-refractivity contribution in [2.45, 2.75) is 62.9 Å². The molecule has 0 saturated carbocycles. The number of β-lactam (4-membered cyclic amide) rings is 1. The number of hydrogen-bond donors (Lipinski definition) is 5. The maximum Gasteiger partial charge on any atom is 0.352 e. The summed E-state index contributed by atoms with van der Waals surface area (Å²) in [6.45, 7) is 5.65. The number of carboxylic acid groups (broad SMARTS) is 2. The Labute approximate surface area is 218 Å². The zero-order chi connectivity index (χ0) is 27.5. The van der Waals surface area contributed by atoms with E-state index in [1.807, 2.05) is 32.9 Å². The quantitative estimate of drug-likeness (QED) is 0.276. The zero-order valence-corrected chi connectivity index (χ0v) is 21.6. The molecule has 2 aliphatic rings. The zero-order valence-electron chi connectivity index (χ0n) is 20.8. The molecular weight excluding hydrogens is 502 g/mol. The third-order valence-corrected chi connectivity index (χ3v) is 7.61. The van der Waals surface area contributed by atoms with E-state index in [-0.39, 0.29) is 41.7 Å². The Morgan fingerprint density at radius 1 is 1.14 bits per heavy atom. The fraction of sp³-hybridized carbons (Fsp3) is 0.480. The highest BCUT2D eigenvalue weighted by Crippen LogP contribution is 2.40. The average molecular weight is 534 g/mol. The molecule has 1 fully saturated rings. The smallest absolute Gasteiger partial charge is 0.352 e. The molecule has 3 amide bonds. The monoisotopic (exact) mass is 533 g/mol. The van der Waals surface area contributed by atoms with Crippen molar-refractivity contribution in [1.82, 2.24) is 15.5 Å². The van der Waals surface area contributed by atoms with E-state index in [0.29, 0.717) is 5.56 Å². The van der Waals surface area contributed by atoms with Crippen LogP contribution in [0.5, 0.6) is 0 Å². The molecule has 0 spiro atoms. The molecule has 5 N–H and O–H groups in total. The lowest BCUT2D eigenvalue weighted by molar-refractivity contribution is -0.150. The van der Waals surface area contributed by atoms with Crippen molar-refractivity contribution < 1.29 is 39.3 Å². The highest BCUT2D eigenvalue weighted by molar-refractivity contribution is 8.00. The summed E-state index contributed by atoms with van der Waals surface area (Å²) in [5, 5.41) is 32.8. The van der Waals surface area contributed by atoms with Gasteiger partial charge in [0.1, 0.15) is 23.2 Å². The van der Waals surface area contributed by atoms with Crippen molar-refractivity contribution >= 4 is 41.4 Å². The van der Waals surface area contributed by atoms with Crippen molar-refractivity contribution in [3.8, 4) is 0 Å². The summed E-state index contributed by atoms with van der Waals surface area (Å²) in [4.78, 5) is 61.7. The number of hydrogen-bond acceptors (Lipinski definition) is 7. The van der Waals surface area contributed by atoms with Gasteiger partial charge in [0.05, 0.1) is 6.61 Å². The predicted molar refractivity (Wildman–Crippen MR) is 135 cm³/mol. The molecule has 3 rings (SSSR count). The number of carbonyl (C=O) groups is 5. The van der Waals surface area contributed by atoms with Crippen LogP contribution in [0.4, 0.5) is 0 Å². The van der Waals surface area contributed by atoms with E-state index < -0.39 is 53.7 Å². The van der Waals surface area contributed by atoms with Crippen LogP contribution in [0.1, 0.15) is 56.0 Å². The van der Waals surface area contributed by atoms with Crippen LogP contribution in [0.3, 0.4) is 0 Å². The Balaban J connectivity index is 1.50. The lowest BCUT2D eigenvalue weighted by Gasteiger charge is -2.49. The summed E-state index contributed by atoms with van der Waals surface area (Å²) in [5.74, 6) is -3.92. The average Bonchev–Trinajstić information content (AvgIpc) is 2.84. The normalized spacial score (nSPS) is 20.0. The lowest BCUT2D eigenvalue weighted by Crippen LogP contribution is -2.70. The molecule has 12 heteroatoms. The first-order valence-electron chi connectivity index (χ1n) is 11.8. The number of aliphatic hydroxyl groups is 1.